The fourth-order valence-corrected chi connectivity index (χ4v) is 2.31. The van der Waals surface area contributed by atoms with Gasteiger partial charge in [0.1, 0.15) is 0 Å². The molecule has 12 heavy (non-hydrogen) atoms. The molecule has 0 saturated carbocycles. The van der Waals surface area contributed by atoms with Crippen molar-refractivity contribution in [3.05, 3.63) is 12.3 Å². The fraction of sp³-hybridized carbons (Fsp3) is 0.800. The van der Waals surface area contributed by atoms with Crippen LogP contribution in [0.5, 0.6) is 0 Å². The van der Waals surface area contributed by atoms with Gasteiger partial charge in [0.15, 0.2) is 0 Å². The molecule has 0 amide bonds. The minimum atomic E-state index is 0.793. The van der Waals surface area contributed by atoms with Gasteiger partial charge in [0.25, 0.3) is 0 Å². The zero-order valence-corrected chi connectivity index (χ0v) is 7.68. The highest BCUT2D eigenvalue weighted by Crippen LogP contribution is 2.25. The first-order valence-corrected chi connectivity index (χ1v) is 5.03. The van der Waals surface area contributed by atoms with E-state index < -0.39 is 0 Å². The highest BCUT2D eigenvalue weighted by molar-refractivity contribution is 5.02. The van der Waals surface area contributed by atoms with Gasteiger partial charge in [-0.25, -0.2) is 0 Å². The summed E-state index contributed by atoms with van der Waals surface area (Å²) < 4.78 is 0. The van der Waals surface area contributed by atoms with E-state index >= 15 is 0 Å². The van der Waals surface area contributed by atoms with Gasteiger partial charge >= 0.3 is 0 Å². The van der Waals surface area contributed by atoms with E-state index in [-0.39, 0.29) is 0 Å². The number of piperidine rings is 1. The number of hydrogen-bond acceptors (Lipinski definition) is 2. The van der Waals surface area contributed by atoms with Gasteiger partial charge in [-0.1, -0.05) is 6.58 Å². The van der Waals surface area contributed by atoms with Crippen molar-refractivity contribution in [2.75, 3.05) is 19.6 Å². The third kappa shape index (κ3) is 1.48. The smallest absolute Gasteiger partial charge is 0.0310 e. The Hall–Kier alpha value is -0.500. The molecule has 2 heteroatoms. The molecule has 68 valence electrons. The molecule has 0 aromatic rings. The molecule has 0 atom stereocenters. The number of nitrogens with one attached hydrogen (secondary N) is 1. The van der Waals surface area contributed by atoms with Crippen LogP contribution in [0.15, 0.2) is 12.3 Å². The number of allylic oxidation sites excluding steroid dienone is 1. The lowest BCUT2D eigenvalue weighted by molar-refractivity contribution is 0.232. The maximum atomic E-state index is 4.12. The van der Waals surface area contributed by atoms with Crippen LogP contribution >= 0.6 is 0 Å². The van der Waals surface area contributed by atoms with Gasteiger partial charge < -0.3 is 10.2 Å². The summed E-state index contributed by atoms with van der Waals surface area (Å²) in [4.78, 5) is 2.53. The number of hydrogen-bond donors (Lipinski definition) is 1. The molecule has 2 rings (SSSR count). The summed E-state index contributed by atoms with van der Waals surface area (Å²) in [5.41, 5.74) is 1.38. The van der Waals surface area contributed by atoms with Gasteiger partial charge in [-0.3, -0.25) is 0 Å². The SMILES string of the molecule is C=C1CCCN1C1CCNCC1. The average molecular weight is 166 g/mol. The van der Waals surface area contributed by atoms with Gasteiger partial charge in [-0.05, 0) is 38.8 Å². The van der Waals surface area contributed by atoms with E-state index in [9.17, 15) is 0 Å². The van der Waals surface area contributed by atoms with Crippen molar-refractivity contribution in [2.45, 2.75) is 31.7 Å². The van der Waals surface area contributed by atoms with Crippen molar-refractivity contribution < 1.29 is 0 Å². The topological polar surface area (TPSA) is 15.3 Å². The van der Waals surface area contributed by atoms with Crippen molar-refractivity contribution in [1.29, 1.82) is 0 Å². The summed E-state index contributed by atoms with van der Waals surface area (Å²) in [5, 5.41) is 3.40. The molecule has 2 aliphatic heterocycles. The number of likely N-dealkylation sites (tertiary alicyclic amines) is 1. The van der Waals surface area contributed by atoms with E-state index in [0.29, 0.717) is 0 Å². The second-order valence-corrected chi connectivity index (χ2v) is 3.84. The third-order valence-electron chi connectivity index (χ3n) is 3.02. The highest BCUT2D eigenvalue weighted by atomic mass is 15.2. The van der Waals surface area contributed by atoms with E-state index in [1.807, 2.05) is 0 Å². The molecule has 0 aromatic carbocycles. The van der Waals surface area contributed by atoms with Crippen molar-refractivity contribution in [2.24, 2.45) is 0 Å². The van der Waals surface area contributed by atoms with Crippen molar-refractivity contribution in [3.8, 4) is 0 Å². The quantitative estimate of drug-likeness (QED) is 0.632. The van der Waals surface area contributed by atoms with E-state index in [1.54, 1.807) is 0 Å². The molecule has 2 heterocycles. The normalized spacial score (nSPS) is 26.7. The molecule has 0 bridgehead atoms. The summed E-state index contributed by atoms with van der Waals surface area (Å²) in [6.07, 6.45) is 5.16. The largest absolute Gasteiger partial charge is 0.372 e. The molecule has 0 unspecified atom stereocenters. The Kier molecular flexibility index (Phi) is 2.35. The van der Waals surface area contributed by atoms with Gasteiger partial charge in [0, 0.05) is 18.3 Å². The van der Waals surface area contributed by atoms with Gasteiger partial charge in [0.05, 0.1) is 0 Å². The van der Waals surface area contributed by atoms with E-state index in [1.165, 1.54) is 51.0 Å². The van der Waals surface area contributed by atoms with Crippen LogP contribution < -0.4 is 5.32 Å². The lowest BCUT2D eigenvalue weighted by atomic mass is 10.1. The van der Waals surface area contributed by atoms with Crippen LogP contribution in [0.1, 0.15) is 25.7 Å². The van der Waals surface area contributed by atoms with Crippen molar-refractivity contribution >= 4 is 0 Å². The van der Waals surface area contributed by atoms with Gasteiger partial charge in [0.2, 0.25) is 0 Å². The summed E-state index contributed by atoms with van der Waals surface area (Å²) in [5.74, 6) is 0. The van der Waals surface area contributed by atoms with Crippen LogP contribution in [0.3, 0.4) is 0 Å². The van der Waals surface area contributed by atoms with E-state index in [0.717, 1.165) is 6.04 Å². The number of rotatable bonds is 1. The summed E-state index contributed by atoms with van der Waals surface area (Å²) in [7, 11) is 0. The first kappa shape index (κ1) is 8.11. The molecule has 0 aliphatic carbocycles. The molecule has 1 N–H and O–H groups in total. The Morgan fingerprint density at radius 3 is 2.67 bits per heavy atom. The molecule has 0 spiro atoms. The van der Waals surface area contributed by atoms with Crippen LogP contribution in [0.4, 0.5) is 0 Å². The first-order valence-electron chi connectivity index (χ1n) is 5.03. The molecule has 2 aliphatic rings. The highest BCUT2D eigenvalue weighted by Gasteiger charge is 2.24. The zero-order chi connectivity index (χ0) is 8.39. The molecule has 2 saturated heterocycles. The van der Waals surface area contributed by atoms with Gasteiger partial charge in [-0.2, -0.15) is 0 Å². The Balaban J connectivity index is 1.93. The second-order valence-electron chi connectivity index (χ2n) is 3.84. The monoisotopic (exact) mass is 166 g/mol. The minimum Gasteiger partial charge on any atom is -0.372 e. The molecular formula is C10H18N2. The zero-order valence-electron chi connectivity index (χ0n) is 7.68. The van der Waals surface area contributed by atoms with E-state index in [4.69, 9.17) is 0 Å². The standard InChI is InChI=1S/C10H18N2/c1-9-3-2-8-12(9)10-4-6-11-7-5-10/h10-11H,1-8H2. The molecule has 0 aromatic heterocycles. The molecule has 0 radical (unpaired) electrons. The third-order valence-corrected chi connectivity index (χ3v) is 3.02. The average Bonchev–Trinajstić information content (AvgIpc) is 2.53. The van der Waals surface area contributed by atoms with Crippen molar-refractivity contribution in [1.82, 2.24) is 10.2 Å². The van der Waals surface area contributed by atoms with E-state index in [2.05, 4.69) is 16.8 Å². The van der Waals surface area contributed by atoms with Gasteiger partial charge in [-0.15, -0.1) is 0 Å². The van der Waals surface area contributed by atoms with Crippen LogP contribution in [0.2, 0.25) is 0 Å². The first-order chi connectivity index (χ1) is 5.88. The minimum absolute atomic E-state index is 0.793. The maximum absolute atomic E-state index is 4.12. The van der Waals surface area contributed by atoms with Crippen LogP contribution in [-0.2, 0) is 0 Å². The summed E-state index contributed by atoms with van der Waals surface area (Å²) in [6.45, 7) is 7.75. The lowest BCUT2D eigenvalue weighted by Gasteiger charge is -2.33. The lowest BCUT2D eigenvalue weighted by Crippen LogP contribution is -2.40. The van der Waals surface area contributed by atoms with Crippen LogP contribution in [0.25, 0.3) is 0 Å². The summed E-state index contributed by atoms with van der Waals surface area (Å²) in [6, 6.07) is 0.793. The Morgan fingerprint density at radius 2 is 2.08 bits per heavy atom. The van der Waals surface area contributed by atoms with Crippen molar-refractivity contribution in [3.63, 3.8) is 0 Å². The Morgan fingerprint density at radius 1 is 1.33 bits per heavy atom. The second kappa shape index (κ2) is 3.48. The predicted molar refractivity (Wildman–Crippen MR) is 51.0 cm³/mol. The number of nitrogens with zero attached hydrogens (tertiary/aromatic N) is 1. The fourth-order valence-electron chi connectivity index (χ4n) is 2.31. The maximum Gasteiger partial charge on any atom is 0.0310 e. The van der Waals surface area contributed by atoms with Crippen LogP contribution in [0, 0.1) is 0 Å². The Bertz CT molecular complexity index is 171. The molecular weight excluding hydrogens is 148 g/mol. The molecule has 2 fully saturated rings. The molecule has 2 nitrogen and oxygen atoms in total. The van der Waals surface area contributed by atoms with Crippen LogP contribution in [-0.4, -0.2) is 30.6 Å². The Labute approximate surface area is 74.6 Å². The summed E-state index contributed by atoms with van der Waals surface area (Å²) >= 11 is 0. The predicted octanol–water partition coefficient (Wildman–Crippen LogP) is 1.35.